The second-order valence-electron chi connectivity index (χ2n) is 11.2. The molecule has 15 heteroatoms. The van der Waals surface area contributed by atoms with Crippen LogP contribution in [0.1, 0.15) is 64.5 Å². The molecule has 2 heterocycles. The summed E-state index contributed by atoms with van der Waals surface area (Å²) >= 11 is 12.5. The lowest BCUT2D eigenvalue weighted by molar-refractivity contribution is -0.384. The fourth-order valence-electron chi connectivity index (χ4n) is 5.91. The van der Waals surface area contributed by atoms with Gasteiger partial charge in [-0.05, 0) is 58.7 Å². The zero-order valence-corrected chi connectivity index (χ0v) is 30.9. The predicted octanol–water partition coefficient (Wildman–Crippen LogP) is 6.53. The van der Waals surface area contributed by atoms with Crippen LogP contribution in [0.5, 0.6) is 0 Å². The number of dihydropyridines is 2. The van der Waals surface area contributed by atoms with E-state index in [0.29, 0.717) is 50.1 Å². The maximum absolute atomic E-state index is 12.6. The van der Waals surface area contributed by atoms with Crippen LogP contribution in [0.25, 0.3) is 0 Å². The van der Waals surface area contributed by atoms with Crippen molar-refractivity contribution in [3.63, 3.8) is 0 Å². The Balaban J connectivity index is 0.000000276. The second kappa shape index (κ2) is 17.7. The van der Waals surface area contributed by atoms with E-state index in [1.165, 1.54) is 32.4 Å². The second-order valence-corrected chi connectivity index (χ2v) is 12.0. The van der Waals surface area contributed by atoms with Gasteiger partial charge < -0.3 is 29.6 Å². The summed E-state index contributed by atoms with van der Waals surface area (Å²) in [5.41, 5.74) is 4.06. The van der Waals surface area contributed by atoms with E-state index in [2.05, 4.69) is 10.6 Å². The maximum atomic E-state index is 12.6. The number of halogens is 2. The number of nitro groups is 1. The first-order valence-corrected chi connectivity index (χ1v) is 16.5. The number of nitrogens with one attached hydrogen (secondary N) is 2. The van der Waals surface area contributed by atoms with E-state index in [9.17, 15) is 29.3 Å². The van der Waals surface area contributed by atoms with Crippen LogP contribution in [0.4, 0.5) is 5.69 Å². The van der Waals surface area contributed by atoms with Crippen molar-refractivity contribution in [2.24, 2.45) is 0 Å². The van der Waals surface area contributed by atoms with Crippen LogP contribution >= 0.6 is 23.2 Å². The monoisotopic (exact) mass is 743 g/mol. The van der Waals surface area contributed by atoms with E-state index >= 15 is 0 Å². The first-order valence-electron chi connectivity index (χ1n) is 15.7. The lowest BCUT2D eigenvalue weighted by Gasteiger charge is -2.30. The lowest BCUT2D eigenvalue weighted by atomic mass is 9.80. The number of hydrogen-bond acceptors (Lipinski definition) is 12. The molecule has 0 saturated heterocycles. The molecule has 2 N–H and O–H groups in total. The number of nitrogens with zero attached hydrogens (tertiary/aromatic N) is 1. The smallest absolute Gasteiger partial charge is 0.336 e. The summed E-state index contributed by atoms with van der Waals surface area (Å²) in [6, 6.07) is 10.9. The average Bonchev–Trinajstić information content (AvgIpc) is 3.08. The number of carbonyl (C=O) groups excluding carboxylic acids is 4. The number of methoxy groups -OCH3 is 2. The van der Waals surface area contributed by atoms with Gasteiger partial charge in [0.25, 0.3) is 5.69 Å². The highest BCUT2D eigenvalue weighted by Crippen LogP contribution is 2.44. The van der Waals surface area contributed by atoms with Crippen molar-refractivity contribution in [2.45, 2.75) is 53.4 Å². The van der Waals surface area contributed by atoms with Crippen molar-refractivity contribution in [2.75, 3.05) is 27.4 Å². The fraction of sp³-hybridized carbons (Fsp3) is 0.333. The molecule has 0 aromatic heterocycles. The molecular weight excluding hydrogens is 705 g/mol. The fourth-order valence-corrected chi connectivity index (χ4v) is 6.33. The molecule has 0 radical (unpaired) electrons. The Hall–Kier alpha value is -5.14. The highest BCUT2D eigenvalue weighted by atomic mass is 35.5. The van der Waals surface area contributed by atoms with E-state index in [1.807, 2.05) is 0 Å². The topological polar surface area (TPSA) is 172 Å². The molecule has 2 atom stereocenters. The lowest BCUT2D eigenvalue weighted by Crippen LogP contribution is -2.32. The summed E-state index contributed by atoms with van der Waals surface area (Å²) in [5, 5.41) is 17.8. The molecule has 272 valence electrons. The minimum Gasteiger partial charge on any atom is -0.466 e. The highest BCUT2D eigenvalue weighted by molar-refractivity contribution is 6.42. The van der Waals surface area contributed by atoms with Crippen LogP contribution in [-0.2, 0) is 38.1 Å². The van der Waals surface area contributed by atoms with Crippen LogP contribution in [0.3, 0.4) is 0 Å². The minimum absolute atomic E-state index is 0.135. The summed E-state index contributed by atoms with van der Waals surface area (Å²) in [7, 11) is 2.52. The zero-order valence-electron chi connectivity index (χ0n) is 29.4. The van der Waals surface area contributed by atoms with E-state index in [4.69, 9.17) is 42.1 Å². The van der Waals surface area contributed by atoms with Crippen molar-refractivity contribution in [1.29, 1.82) is 0 Å². The summed E-state index contributed by atoms with van der Waals surface area (Å²) < 4.78 is 20.1. The number of carbonyl (C=O) groups is 4. The van der Waals surface area contributed by atoms with Gasteiger partial charge in [0.15, 0.2) is 0 Å². The van der Waals surface area contributed by atoms with Crippen LogP contribution < -0.4 is 10.6 Å². The van der Waals surface area contributed by atoms with Gasteiger partial charge in [-0.25, -0.2) is 19.2 Å². The minimum atomic E-state index is -0.831. The van der Waals surface area contributed by atoms with Crippen molar-refractivity contribution in [3.8, 4) is 0 Å². The SMILES string of the molecule is CCOC(=O)C1=C(C)NC(C)=C(C(=O)OC)C1c1cccc(Cl)c1Cl.CCOC(=O)C1=C(C)NC(C)=C(C(=O)OC)C1c1cccc([N+](=O)[O-])c1. The zero-order chi connectivity index (χ0) is 38.2. The van der Waals surface area contributed by atoms with Crippen molar-refractivity contribution >= 4 is 52.8 Å². The molecule has 0 spiro atoms. The molecule has 51 heavy (non-hydrogen) atoms. The van der Waals surface area contributed by atoms with Crippen LogP contribution in [0.15, 0.2) is 87.5 Å². The van der Waals surface area contributed by atoms with Gasteiger partial charge in [-0.2, -0.15) is 0 Å². The van der Waals surface area contributed by atoms with Gasteiger partial charge in [0, 0.05) is 34.9 Å². The van der Waals surface area contributed by atoms with Gasteiger partial charge in [-0.1, -0.05) is 47.5 Å². The standard InChI is InChI=1S/C18H19Cl2NO4.C18H20N2O6/c1-5-25-18(23)14-10(3)21-9(2)13(17(22)24-4)15(14)11-7-6-8-12(19)16(11)20;1-5-26-18(22)15-11(3)19-10(2)14(17(21)25-4)16(15)12-7-6-8-13(9-12)20(23)24/h6-8,15,21H,5H2,1-4H3;6-9,16,19H,5H2,1-4H3. The molecule has 2 unspecified atom stereocenters. The molecule has 2 aromatic rings. The van der Waals surface area contributed by atoms with Gasteiger partial charge in [0.05, 0.1) is 76.5 Å². The Morgan fingerprint density at radius 2 is 1.14 bits per heavy atom. The number of esters is 4. The molecule has 0 amide bonds. The van der Waals surface area contributed by atoms with Crippen molar-refractivity contribution in [1.82, 2.24) is 10.6 Å². The van der Waals surface area contributed by atoms with E-state index in [0.717, 1.165) is 0 Å². The van der Waals surface area contributed by atoms with Crippen molar-refractivity contribution in [3.05, 3.63) is 119 Å². The highest BCUT2D eigenvalue weighted by Gasteiger charge is 2.40. The Morgan fingerprint density at radius 3 is 1.59 bits per heavy atom. The molecule has 4 rings (SSSR count). The van der Waals surface area contributed by atoms with E-state index in [1.54, 1.807) is 65.8 Å². The molecule has 2 aliphatic rings. The molecule has 2 aliphatic heterocycles. The molecular formula is C36H39Cl2N3O10. The quantitative estimate of drug-likeness (QED) is 0.123. The summed E-state index contributed by atoms with van der Waals surface area (Å²) in [5.74, 6) is -3.87. The Bertz CT molecular complexity index is 1880. The molecule has 0 aliphatic carbocycles. The number of allylic oxidation sites excluding steroid dienone is 4. The van der Waals surface area contributed by atoms with Crippen LogP contribution in [0, 0.1) is 10.1 Å². The van der Waals surface area contributed by atoms with Crippen LogP contribution in [-0.4, -0.2) is 56.2 Å². The van der Waals surface area contributed by atoms with Gasteiger partial charge in [-0.15, -0.1) is 0 Å². The maximum Gasteiger partial charge on any atom is 0.336 e. The summed E-state index contributed by atoms with van der Waals surface area (Å²) in [4.78, 5) is 60.5. The predicted molar refractivity (Wildman–Crippen MR) is 189 cm³/mol. The molecule has 0 saturated carbocycles. The Kier molecular flexibility index (Phi) is 14.0. The number of nitro benzene ring substituents is 1. The number of hydrogen-bond donors (Lipinski definition) is 2. The summed E-state index contributed by atoms with van der Waals surface area (Å²) in [6.45, 7) is 10.6. The van der Waals surface area contributed by atoms with Gasteiger partial charge in [-0.3, -0.25) is 10.1 Å². The largest absolute Gasteiger partial charge is 0.466 e. The third-order valence-corrected chi connectivity index (χ3v) is 8.86. The molecule has 2 aromatic carbocycles. The average molecular weight is 745 g/mol. The normalized spacial score (nSPS) is 17.1. The Labute approximate surface area is 305 Å². The first-order chi connectivity index (χ1) is 24.1. The third kappa shape index (κ3) is 8.78. The number of rotatable bonds is 9. The summed E-state index contributed by atoms with van der Waals surface area (Å²) in [6.07, 6.45) is 0. The number of non-ortho nitro benzene ring substituents is 1. The third-order valence-electron chi connectivity index (χ3n) is 8.03. The van der Waals surface area contributed by atoms with Gasteiger partial charge in [0.2, 0.25) is 0 Å². The number of benzene rings is 2. The molecule has 13 nitrogen and oxygen atoms in total. The van der Waals surface area contributed by atoms with Crippen molar-refractivity contribution < 1.29 is 43.0 Å². The molecule has 0 fully saturated rings. The Morgan fingerprint density at radius 1 is 0.706 bits per heavy atom. The first kappa shape index (κ1) is 40.3. The van der Waals surface area contributed by atoms with Crippen LogP contribution in [0.2, 0.25) is 10.0 Å². The van der Waals surface area contributed by atoms with E-state index < -0.39 is 40.6 Å². The number of ether oxygens (including phenoxy) is 4. The molecule has 0 bridgehead atoms. The van der Waals surface area contributed by atoms with Gasteiger partial charge >= 0.3 is 23.9 Å². The van der Waals surface area contributed by atoms with E-state index in [-0.39, 0.29) is 35.1 Å². The van der Waals surface area contributed by atoms with Gasteiger partial charge in [0.1, 0.15) is 0 Å².